The Morgan fingerprint density at radius 2 is 1.90 bits per heavy atom. The van der Waals surface area contributed by atoms with Gasteiger partial charge in [0.25, 0.3) is 0 Å². The Hall–Kier alpha value is -1.68. The molecule has 0 amide bonds. The second-order valence-electron chi connectivity index (χ2n) is 6.19. The lowest BCUT2D eigenvalue weighted by atomic mass is 9.82. The molecule has 2 aromatic rings. The summed E-state index contributed by atoms with van der Waals surface area (Å²) in [5.74, 6) is 0.784. The number of hydrogen-bond donors (Lipinski definition) is 1. The van der Waals surface area contributed by atoms with Crippen molar-refractivity contribution >= 4 is 0 Å². The minimum Gasteiger partial charge on any atom is -0.337 e. The third-order valence-electron chi connectivity index (χ3n) is 3.45. The van der Waals surface area contributed by atoms with Crippen molar-refractivity contribution in [1.82, 2.24) is 14.9 Å². The predicted molar refractivity (Wildman–Crippen MR) is 78.6 cm³/mol. The summed E-state index contributed by atoms with van der Waals surface area (Å²) in [5.41, 5.74) is 1.12. The van der Waals surface area contributed by atoms with Crippen molar-refractivity contribution in [2.75, 3.05) is 0 Å². The number of aromatic nitrogens is 2. The van der Waals surface area contributed by atoms with Crippen LogP contribution in [0.2, 0.25) is 0 Å². The summed E-state index contributed by atoms with van der Waals surface area (Å²) in [5, 5.41) is 3.53. The van der Waals surface area contributed by atoms with Crippen LogP contribution in [0.15, 0.2) is 36.7 Å². The van der Waals surface area contributed by atoms with Gasteiger partial charge in [0, 0.05) is 25.5 Å². The lowest BCUT2D eigenvalue weighted by Gasteiger charge is -2.32. The Bertz CT molecular complexity index is 552. The predicted octanol–water partition coefficient (Wildman–Crippen LogP) is 3.44. The van der Waals surface area contributed by atoms with Crippen molar-refractivity contribution in [3.8, 4) is 0 Å². The highest BCUT2D eigenvalue weighted by Crippen LogP contribution is 2.32. The number of nitrogens with one attached hydrogen (secondary N) is 1. The fourth-order valence-electron chi connectivity index (χ4n) is 2.34. The number of rotatable bonds is 4. The SMILES string of the molecule is Cn1ccnc1CNC(c1ccc(F)cc1)C(C)(C)C. The molecule has 3 nitrogen and oxygen atoms in total. The first-order chi connectivity index (χ1) is 9.38. The summed E-state index contributed by atoms with van der Waals surface area (Å²) < 4.78 is 15.1. The van der Waals surface area contributed by atoms with E-state index in [2.05, 4.69) is 31.1 Å². The van der Waals surface area contributed by atoms with Crippen molar-refractivity contribution in [3.63, 3.8) is 0 Å². The topological polar surface area (TPSA) is 29.9 Å². The molecule has 1 heterocycles. The van der Waals surface area contributed by atoms with Gasteiger partial charge in [-0.25, -0.2) is 9.37 Å². The van der Waals surface area contributed by atoms with Gasteiger partial charge in [0.15, 0.2) is 0 Å². The van der Waals surface area contributed by atoms with E-state index in [9.17, 15) is 4.39 Å². The molecule has 0 aliphatic heterocycles. The molecule has 0 bridgehead atoms. The Kier molecular flexibility index (Phi) is 4.23. The standard InChI is InChI=1S/C16H22FN3/c1-16(2,3)15(12-5-7-13(17)8-6-12)19-11-14-18-9-10-20(14)4/h5-10,15,19H,11H2,1-4H3. The van der Waals surface area contributed by atoms with Crippen LogP contribution in [0, 0.1) is 11.2 Å². The van der Waals surface area contributed by atoms with E-state index in [0.29, 0.717) is 6.54 Å². The van der Waals surface area contributed by atoms with Crippen LogP contribution in [0.4, 0.5) is 4.39 Å². The quantitative estimate of drug-likeness (QED) is 0.926. The van der Waals surface area contributed by atoms with E-state index in [0.717, 1.165) is 11.4 Å². The number of nitrogens with zero attached hydrogens (tertiary/aromatic N) is 2. The summed E-state index contributed by atoms with van der Waals surface area (Å²) >= 11 is 0. The molecular weight excluding hydrogens is 253 g/mol. The molecule has 1 atom stereocenters. The molecule has 0 radical (unpaired) electrons. The molecular formula is C16H22FN3. The molecule has 0 saturated carbocycles. The number of benzene rings is 1. The smallest absolute Gasteiger partial charge is 0.123 e. The van der Waals surface area contributed by atoms with Gasteiger partial charge in [0.2, 0.25) is 0 Å². The van der Waals surface area contributed by atoms with Gasteiger partial charge in [-0.15, -0.1) is 0 Å². The second-order valence-corrected chi connectivity index (χ2v) is 6.19. The maximum Gasteiger partial charge on any atom is 0.123 e. The average molecular weight is 275 g/mol. The third kappa shape index (κ3) is 3.45. The van der Waals surface area contributed by atoms with E-state index < -0.39 is 0 Å². The lowest BCUT2D eigenvalue weighted by Crippen LogP contribution is -2.32. The van der Waals surface area contributed by atoms with Crippen molar-refractivity contribution in [3.05, 3.63) is 53.9 Å². The van der Waals surface area contributed by atoms with Crippen LogP contribution in [0.25, 0.3) is 0 Å². The zero-order valence-electron chi connectivity index (χ0n) is 12.5. The largest absolute Gasteiger partial charge is 0.337 e. The van der Waals surface area contributed by atoms with E-state index in [1.165, 1.54) is 12.1 Å². The molecule has 1 aromatic carbocycles. The van der Waals surface area contributed by atoms with Crippen LogP contribution in [-0.4, -0.2) is 9.55 Å². The first-order valence-corrected chi connectivity index (χ1v) is 6.83. The van der Waals surface area contributed by atoms with E-state index in [1.807, 2.05) is 29.9 Å². The number of hydrogen-bond acceptors (Lipinski definition) is 2. The van der Waals surface area contributed by atoms with Gasteiger partial charge in [0.1, 0.15) is 11.6 Å². The van der Waals surface area contributed by atoms with Crippen LogP contribution in [0.3, 0.4) is 0 Å². The van der Waals surface area contributed by atoms with Gasteiger partial charge in [-0.2, -0.15) is 0 Å². The van der Waals surface area contributed by atoms with Crippen LogP contribution >= 0.6 is 0 Å². The van der Waals surface area contributed by atoms with Crippen molar-refractivity contribution in [2.24, 2.45) is 12.5 Å². The molecule has 1 aromatic heterocycles. The van der Waals surface area contributed by atoms with Gasteiger partial charge < -0.3 is 9.88 Å². The maximum atomic E-state index is 13.1. The first-order valence-electron chi connectivity index (χ1n) is 6.83. The number of imidazole rings is 1. The van der Waals surface area contributed by atoms with Gasteiger partial charge in [-0.1, -0.05) is 32.9 Å². The maximum absolute atomic E-state index is 13.1. The molecule has 2 rings (SSSR count). The Morgan fingerprint density at radius 1 is 1.25 bits per heavy atom. The summed E-state index contributed by atoms with van der Waals surface area (Å²) in [7, 11) is 1.98. The van der Waals surface area contributed by atoms with Crippen LogP contribution in [-0.2, 0) is 13.6 Å². The monoisotopic (exact) mass is 275 g/mol. The van der Waals surface area contributed by atoms with Gasteiger partial charge >= 0.3 is 0 Å². The summed E-state index contributed by atoms with van der Waals surface area (Å²) in [4.78, 5) is 4.32. The zero-order valence-corrected chi connectivity index (χ0v) is 12.5. The van der Waals surface area contributed by atoms with Gasteiger partial charge in [-0.3, -0.25) is 0 Å². The Balaban J connectivity index is 2.16. The normalized spacial score (nSPS) is 13.4. The molecule has 0 aliphatic carbocycles. The number of aryl methyl sites for hydroxylation is 1. The van der Waals surface area contributed by atoms with Crippen molar-refractivity contribution < 1.29 is 4.39 Å². The first kappa shape index (κ1) is 14.7. The Morgan fingerprint density at radius 3 is 2.40 bits per heavy atom. The molecule has 0 spiro atoms. The molecule has 108 valence electrons. The highest BCUT2D eigenvalue weighted by molar-refractivity contribution is 5.21. The lowest BCUT2D eigenvalue weighted by molar-refractivity contribution is 0.268. The van der Waals surface area contributed by atoms with E-state index in [-0.39, 0.29) is 17.3 Å². The minimum absolute atomic E-state index is 0.0307. The van der Waals surface area contributed by atoms with E-state index in [4.69, 9.17) is 0 Å². The highest BCUT2D eigenvalue weighted by atomic mass is 19.1. The summed E-state index contributed by atoms with van der Waals surface area (Å²) in [6.45, 7) is 7.20. The molecule has 0 saturated heterocycles. The van der Waals surface area contributed by atoms with Crippen LogP contribution in [0.5, 0.6) is 0 Å². The summed E-state index contributed by atoms with van der Waals surface area (Å²) in [6, 6.07) is 6.85. The third-order valence-corrected chi connectivity index (χ3v) is 3.45. The molecule has 4 heteroatoms. The van der Waals surface area contributed by atoms with Gasteiger partial charge in [0.05, 0.1) is 6.54 Å². The highest BCUT2D eigenvalue weighted by Gasteiger charge is 2.26. The molecule has 20 heavy (non-hydrogen) atoms. The fraction of sp³-hybridized carbons (Fsp3) is 0.438. The number of halogens is 1. The molecule has 1 unspecified atom stereocenters. The van der Waals surface area contributed by atoms with Crippen LogP contribution in [0.1, 0.15) is 38.2 Å². The molecule has 1 N–H and O–H groups in total. The zero-order chi connectivity index (χ0) is 14.8. The molecule has 0 fully saturated rings. The fourth-order valence-corrected chi connectivity index (χ4v) is 2.34. The van der Waals surface area contributed by atoms with Crippen molar-refractivity contribution in [1.29, 1.82) is 0 Å². The van der Waals surface area contributed by atoms with Gasteiger partial charge in [-0.05, 0) is 23.1 Å². The second kappa shape index (κ2) is 5.75. The van der Waals surface area contributed by atoms with E-state index >= 15 is 0 Å². The van der Waals surface area contributed by atoms with Crippen molar-refractivity contribution in [2.45, 2.75) is 33.4 Å². The Labute approximate surface area is 119 Å². The molecule has 0 aliphatic rings. The average Bonchev–Trinajstić information content (AvgIpc) is 2.76. The van der Waals surface area contributed by atoms with Crippen LogP contribution < -0.4 is 5.32 Å². The van der Waals surface area contributed by atoms with E-state index in [1.54, 1.807) is 6.20 Å². The summed E-state index contributed by atoms with van der Waals surface area (Å²) in [6.07, 6.45) is 3.72. The minimum atomic E-state index is -0.203.